The van der Waals surface area contributed by atoms with Gasteiger partial charge in [-0.05, 0) is 31.0 Å². The minimum absolute atomic E-state index is 0.0309. The third kappa shape index (κ3) is 2.65. The van der Waals surface area contributed by atoms with Gasteiger partial charge in [0.15, 0.2) is 5.54 Å². The van der Waals surface area contributed by atoms with Gasteiger partial charge in [-0.1, -0.05) is 11.3 Å². The first-order valence-electron chi connectivity index (χ1n) is 7.59. The molecule has 1 aromatic heterocycles. The molecule has 2 heterocycles. The largest absolute Gasteiger partial charge is 0.479 e. The summed E-state index contributed by atoms with van der Waals surface area (Å²) < 4.78 is 6.63. The maximum Gasteiger partial charge on any atom is 0.332 e. The van der Waals surface area contributed by atoms with E-state index >= 15 is 0 Å². The minimum Gasteiger partial charge on any atom is -0.479 e. The number of rotatable bonds is 5. The van der Waals surface area contributed by atoms with Gasteiger partial charge in [0.2, 0.25) is 0 Å². The highest BCUT2D eigenvalue weighted by Crippen LogP contribution is 2.32. The number of hydrogen-bond donors (Lipinski definition) is 1. The molecule has 2 aromatic rings. The fourth-order valence-electron chi connectivity index (χ4n) is 3.13. The first-order chi connectivity index (χ1) is 11.6. The predicted octanol–water partition coefficient (Wildman–Crippen LogP) is 0.973. The fourth-order valence-corrected chi connectivity index (χ4v) is 3.13. The molecular formula is C16H18N4O4. The molecule has 0 radical (unpaired) electrons. The molecular weight excluding hydrogens is 312 g/mol. The first kappa shape index (κ1) is 16.1. The van der Waals surface area contributed by atoms with Crippen molar-refractivity contribution in [1.29, 1.82) is 0 Å². The molecule has 1 unspecified atom stereocenters. The van der Waals surface area contributed by atoms with Crippen LogP contribution in [0.5, 0.6) is 0 Å². The number of carbonyl (C=O) groups is 2. The highest BCUT2D eigenvalue weighted by atomic mass is 16.5. The van der Waals surface area contributed by atoms with Crippen molar-refractivity contribution in [2.24, 2.45) is 0 Å². The van der Waals surface area contributed by atoms with Crippen LogP contribution < -0.4 is 0 Å². The number of hydrogen-bond acceptors (Lipinski definition) is 5. The van der Waals surface area contributed by atoms with Crippen LogP contribution in [0.4, 0.5) is 0 Å². The Bertz CT molecular complexity index is 746. The van der Waals surface area contributed by atoms with Crippen LogP contribution in [0.1, 0.15) is 23.2 Å². The van der Waals surface area contributed by atoms with Crippen LogP contribution in [0.3, 0.4) is 0 Å². The summed E-state index contributed by atoms with van der Waals surface area (Å²) in [6.45, 7) is 0.360. The summed E-state index contributed by atoms with van der Waals surface area (Å²) in [5, 5.41) is 17.3. The number of aromatic nitrogens is 3. The number of nitrogens with zero attached hydrogens (tertiary/aromatic N) is 4. The molecule has 0 aliphatic carbocycles. The summed E-state index contributed by atoms with van der Waals surface area (Å²) in [6.07, 6.45) is 4.23. The van der Waals surface area contributed by atoms with Crippen molar-refractivity contribution in [2.75, 3.05) is 20.3 Å². The number of carbonyl (C=O) groups excluding carboxylic acids is 1. The fraction of sp³-hybridized carbons (Fsp3) is 0.375. The van der Waals surface area contributed by atoms with Gasteiger partial charge in [-0.2, -0.15) is 0 Å². The Kier molecular flexibility index (Phi) is 4.30. The summed E-state index contributed by atoms with van der Waals surface area (Å²) in [5.41, 5.74) is -0.216. The molecule has 8 nitrogen and oxygen atoms in total. The third-order valence-electron chi connectivity index (χ3n) is 4.30. The maximum absolute atomic E-state index is 12.9. The molecule has 0 spiro atoms. The lowest BCUT2D eigenvalue weighted by Gasteiger charge is -2.34. The molecule has 1 fully saturated rings. The van der Waals surface area contributed by atoms with E-state index in [0.717, 1.165) is 0 Å². The van der Waals surface area contributed by atoms with Gasteiger partial charge in [0, 0.05) is 19.2 Å². The van der Waals surface area contributed by atoms with Crippen LogP contribution in [-0.4, -0.2) is 62.7 Å². The van der Waals surface area contributed by atoms with E-state index in [1.165, 1.54) is 12.0 Å². The normalized spacial score (nSPS) is 20.3. The maximum atomic E-state index is 12.9. The second-order valence-corrected chi connectivity index (χ2v) is 5.73. The molecule has 3 rings (SSSR count). The van der Waals surface area contributed by atoms with Crippen LogP contribution in [0.2, 0.25) is 0 Å². The zero-order valence-electron chi connectivity index (χ0n) is 13.3. The van der Waals surface area contributed by atoms with E-state index in [-0.39, 0.29) is 12.5 Å². The van der Waals surface area contributed by atoms with Gasteiger partial charge in [-0.15, -0.1) is 5.10 Å². The summed E-state index contributed by atoms with van der Waals surface area (Å²) in [7, 11) is 1.44. The van der Waals surface area contributed by atoms with Crippen molar-refractivity contribution in [3.63, 3.8) is 0 Å². The summed E-state index contributed by atoms with van der Waals surface area (Å²) in [6, 6.07) is 6.88. The third-order valence-corrected chi connectivity index (χ3v) is 4.30. The molecule has 1 atom stereocenters. The quantitative estimate of drug-likeness (QED) is 0.877. The molecule has 0 saturated carbocycles. The number of carboxylic acids is 1. The molecule has 126 valence electrons. The molecule has 8 heteroatoms. The lowest BCUT2D eigenvalue weighted by atomic mass is 9.96. The number of likely N-dealkylation sites (tertiary alicyclic amines) is 1. The summed E-state index contributed by atoms with van der Waals surface area (Å²) >= 11 is 0. The summed E-state index contributed by atoms with van der Waals surface area (Å²) in [5.74, 6) is -1.36. The Hall–Kier alpha value is -2.74. The van der Waals surface area contributed by atoms with Crippen molar-refractivity contribution in [1.82, 2.24) is 19.9 Å². The van der Waals surface area contributed by atoms with Gasteiger partial charge in [0.25, 0.3) is 5.91 Å². The predicted molar refractivity (Wildman–Crippen MR) is 83.9 cm³/mol. The number of carboxylic acid groups (broad SMARTS) is 1. The van der Waals surface area contributed by atoms with Gasteiger partial charge in [0.05, 0.1) is 24.7 Å². The monoisotopic (exact) mass is 330 g/mol. The van der Waals surface area contributed by atoms with Crippen LogP contribution in [0.25, 0.3) is 5.69 Å². The van der Waals surface area contributed by atoms with Crippen LogP contribution in [0.15, 0.2) is 36.7 Å². The van der Waals surface area contributed by atoms with Crippen molar-refractivity contribution in [3.8, 4) is 5.69 Å². The van der Waals surface area contributed by atoms with Crippen LogP contribution in [-0.2, 0) is 9.53 Å². The highest BCUT2D eigenvalue weighted by Gasteiger charge is 2.50. The minimum atomic E-state index is -1.31. The average molecular weight is 330 g/mol. The first-order valence-corrected chi connectivity index (χ1v) is 7.59. The van der Waals surface area contributed by atoms with Gasteiger partial charge >= 0.3 is 5.97 Å². The molecule has 1 aliphatic heterocycles. The van der Waals surface area contributed by atoms with E-state index < -0.39 is 11.5 Å². The average Bonchev–Trinajstić information content (AvgIpc) is 3.25. The SMILES string of the molecule is COCC1(C(=O)O)CCCN1C(=O)c1cccc(-n2ccnn2)c1. The van der Waals surface area contributed by atoms with E-state index in [2.05, 4.69) is 10.3 Å². The van der Waals surface area contributed by atoms with Crippen molar-refractivity contribution >= 4 is 11.9 Å². The lowest BCUT2D eigenvalue weighted by molar-refractivity contribution is -0.151. The molecule has 0 bridgehead atoms. The molecule has 1 aliphatic rings. The number of methoxy groups -OCH3 is 1. The number of benzene rings is 1. The number of ether oxygens (including phenoxy) is 1. The Morgan fingerprint density at radius 2 is 2.25 bits per heavy atom. The Morgan fingerprint density at radius 3 is 2.92 bits per heavy atom. The van der Waals surface area contributed by atoms with Crippen molar-refractivity contribution < 1.29 is 19.4 Å². The van der Waals surface area contributed by atoms with E-state index in [1.54, 1.807) is 41.3 Å². The Balaban J connectivity index is 1.93. The summed E-state index contributed by atoms with van der Waals surface area (Å²) in [4.78, 5) is 26.1. The second kappa shape index (κ2) is 6.40. The standard InChI is InChI=1S/C16H18N4O4/c1-24-11-16(15(22)23)6-3-8-19(16)14(21)12-4-2-5-13(10-12)20-9-7-17-18-20/h2,4-5,7,9-10H,3,6,8,11H2,1H3,(H,22,23). The van der Waals surface area contributed by atoms with E-state index in [4.69, 9.17) is 4.74 Å². The highest BCUT2D eigenvalue weighted by molar-refractivity contribution is 5.98. The van der Waals surface area contributed by atoms with Gasteiger partial charge in [0.1, 0.15) is 0 Å². The smallest absolute Gasteiger partial charge is 0.332 e. The van der Waals surface area contributed by atoms with Crippen molar-refractivity contribution in [3.05, 3.63) is 42.2 Å². The lowest BCUT2D eigenvalue weighted by Crippen LogP contribution is -2.56. The topological polar surface area (TPSA) is 97.6 Å². The Morgan fingerprint density at radius 1 is 1.42 bits per heavy atom. The number of aliphatic carboxylic acids is 1. The van der Waals surface area contributed by atoms with E-state index in [0.29, 0.717) is 30.6 Å². The molecule has 24 heavy (non-hydrogen) atoms. The van der Waals surface area contributed by atoms with Gasteiger partial charge in [-0.25, -0.2) is 9.48 Å². The van der Waals surface area contributed by atoms with E-state index in [1.807, 2.05) is 0 Å². The number of amides is 1. The van der Waals surface area contributed by atoms with Crippen LogP contribution >= 0.6 is 0 Å². The second-order valence-electron chi connectivity index (χ2n) is 5.73. The van der Waals surface area contributed by atoms with Gasteiger partial charge in [-0.3, -0.25) is 4.79 Å². The molecule has 1 saturated heterocycles. The Labute approximate surface area is 138 Å². The molecule has 1 aromatic carbocycles. The zero-order valence-corrected chi connectivity index (χ0v) is 13.3. The van der Waals surface area contributed by atoms with Gasteiger partial charge < -0.3 is 14.7 Å². The zero-order chi connectivity index (χ0) is 17.2. The van der Waals surface area contributed by atoms with E-state index in [9.17, 15) is 14.7 Å². The molecule has 1 N–H and O–H groups in total. The van der Waals surface area contributed by atoms with Crippen LogP contribution in [0, 0.1) is 0 Å². The molecule has 1 amide bonds. The van der Waals surface area contributed by atoms with Crippen molar-refractivity contribution in [2.45, 2.75) is 18.4 Å².